The Kier molecular flexibility index (Phi) is 14.7. The third kappa shape index (κ3) is 11.6. The summed E-state index contributed by atoms with van der Waals surface area (Å²) in [6.07, 6.45) is 3.49. The van der Waals surface area contributed by atoms with Crippen LogP contribution in [0.25, 0.3) is 0 Å². The van der Waals surface area contributed by atoms with Gasteiger partial charge in [-0.1, -0.05) is 62.6 Å². The van der Waals surface area contributed by atoms with Gasteiger partial charge in [0, 0.05) is 19.0 Å². The van der Waals surface area contributed by atoms with Gasteiger partial charge in [0.2, 0.25) is 5.91 Å². The first kappa shape index (κ1) is 36.7. The van der Waals surface area contributed by atoms with Crippen LogP contribution in [0.5, 0.6) is 5.75 Å². The summed E-state index contributed by atoms with van der Waals surface area (Å²) in [6, 6.07) is 7.11. The van der Waals surface area contributed by atoms with Gasteiger partial charge in [-0.3, -0.25) is 28.5 Å². The van der Waals surface area contributed by atoms with E-state index in [1.165, 1.54) is 13.1 Å². The second kappa shape index (κ2) is 18.4. The van der Waals surface area contributed by atoms with Crippen molar-refractivity contribution in [1.29, 1.82) is 0 Å². The number of benzene rings is 1. The van der Waals surface area contributed by atoms with Gasteiger partial charge < -0.3 is 24.4 Å². The lowest BCUT2D eigenvalue weighted by molar-refractivity contribution is -0.144. The van der Waals surface area contributed by atoms with E-state index in [1.54, 1.807) is 37.3 Å². The molecule has 1 aliphatic rings. The highest BCUT2D eigenvalue weighted by molar-refractivity contribution is 7.52. The minimum atomic E-state index is -4.21. The largest absolute Gasteiger partial charge is 0.465 e. The van der Waals surface area contributed by atoms with Gasteiger partial charge in [0.1, 0.15) is 29.7 Å². The van der Waals surface area contributed by atoms with Crippen LogP contribution in [-0.4, -0.2) is 64.5 Å². The van der Waals surface area contributed by atoms with Crippen LogP contribution in [0.4, 0.5) is 0 Å². The maximum absolute atomic E-state index is 13.7. The van der Waals surface area contributed by atoms with Crippen LogP contribution in [0.2, 0.25) is 0 Å². The van der Waals surface area contributed by atoms with Gasteiger partial charge in [0.05, 0.1) is 25.9 Å². The molecule has 1 aromatic heterocycles. The lowest BCUT2D eigenvalue weighted by atomic mass is 10.1. The van der Waals surface area contributed by atoms with Crippen molar-refractivity contribution in [2.24, 2.45) is 0 Å². The lowest BCUT2D eigenvalue weighted by Gasteiger charge is -2.24. The highest BCUT2D eigenvalue weighted by Gasteiger charge is 2.39. The molecule has 1 fully saturated rings. The van der Waals surface area contributed by atoms with Gasteiger partial charge in [-0.15, -0.1) is 0 Å². The van der Waals surface area contributed by atoms with Gasteiger partial charge in [-0.05, 0) is 32.4 Å². The molecule has 2 unspecified atom stereocenters. The van der Waals surface area contributed by atoms with Crippen molar-refractivity contribution < 1.29 is 37.8 Å². The number of nitrogens with zero attached hydrogens (tertiary/aromatic N) is 1. The molecule has 5 atom stereocenters. The molecule has 4 N–H and O–H groups in total. The van der Waals surface area contributed by atoms with E-state index in [2.05, 4.69) is 34.2 Å². The number of ether oxygens (including phenoxy) is 2. The number of rotatable bonds is 17. The average molecular weight is 663 g/mol. The van der Waals surface area contributed by atoms with Crippen molar-refractivity contribution in [1.82, 2.24) is 20.0 Å². The standard InChI is InChI=1S/C31H43N4O10P/c1-4-6-7-8-12-17-27(37)32-18-13-14-23-20-35(31(40)33-29(23)38)28-19-25(36)26(44-28)21-43-46(41,34-22(3)30(39)42-5-2)45-24-15-10-9-11-16-24/h9-11,15-16,20,22,25-26,28,36H,4-8,12,17-19,21H2,1-3H3,(H,32,37)(H,34,41)(H,33,38,40)/t22-,25-,26+,28?,46?/m0/s1. The van der Waals surface area contributed by atoms with Crippen molar-refractivity contribution in [3.8, 4) is 17.6 Å². The quantitative estimate of drug-likeness (QED) is 0.0844. The third-order valence-electron chi connectivity index (χ3n) is 6.96. The molecular weight excluding hydrogens is 619 g/mol. The van der Waals surface area contributed by atoms with Gasteiger partial charge in [0.15, 0.2) is 0 Å². The molecule has 3 rings (SSSR count). The number of aliphatic hydroxyl groups is 1. The number of hydrogen-bond donors (Lipinski definition) is 4. The van der Waals surface area contributed by atoms with E-state index in [1.807, 2.05) is 0 Å². The molecular formula is C31H43N4O10P. The highest BCUT2D eigenvalue weighted by Crippen LogP contribution is 2.45. The SMILES string of the molecule is CCCCCCCC(=O)NCC#Cc1cn(C2C[C@H](O)[C@@H](COP(=O)(N[C@@H](C)C(=O)OCC)Oc3ccccc3)O2)c(=O)[nH]c1=O. The van der Waals surface area contributed by atoms with E-state index in [9.17, 15) is 28.8 Å². The molecule has 1 aromatic carbocycles. The average Bonchev–Trinajstić information content (AvgIpc) is 3.39. The lowest BCUT2D eigenvalue weighted by Crippen LogP contribution is -2.36. The molecule has 1 saturated heterocycles. The number of unbranched alkanes of at least 4 members (excludes halogenated alkanes) is 4. The summed E-state index contributed by atoms with van der Waals surface area (Å²) >= 11 is 0. The molecule has 252 valence electrons. The minimum Gasteiger partial charge on any atom is -0.465 e. The molecule has 46 heavy (non-hydrogen) atoms. The summed E-state index contributed by atoms with van der Waals surface area (Å²) in [4.78, 5) is 51.4. The van der Waals surface area contributed by atoms with E-state index < -0.39 is 56.0 Å². The Balaban J connectivity index is 1.64. The van der Waals surface area contributed by atoms with Gasteiger partial charge in [-0.25, -0.2) is 9.36 Å². The van der Waals surface area contributed by atoms with Crippen molar-refractivity contribution in [3.05, 3.63) is 62.9 Å². The first-order valence-corrected chi connectivity index (χ1v) is 17.0. The molecule has 0 spiro atoms. The molecule has 1 aliphatic heterocycles. The summed E-state index contributed by atoms with van der Waals surface area (Å²) in [5, 5.41) is 15.9. The number of amides is 1. The summed E-state index contributed by atoms with van der Waals surface area (Å²) in [5.74, 6) is 4.78. The number of aromatic amines is 1. The molecule has 2 heterocycles. The van der Waals surface area contributed by atoms with E-state index in [4.69, 9.17) is 18.5 Å². The van der Waals surface area contributed by atoms with Crippen molar-refractivity contribution >= 4 is 19.6 Å². The Morgan fingerprint density at radius 1 is 1.17 bits per heavy atom. The first-order valence-electron chi connectivity index (χ1n) is 15.4. The zero-order valence-electron chi connectivity index (χ0n) is 26.4. The number of hydrogen-bond acceptors (Lipinski definition) is 10. The number of aromatic nitrogens is 2. The summed E-state index contributed by atoms with van der Waals surface area (Å²) < 4.78 is 36.8. The van der Waals surface area contributed by atoms with Gasteiger partial charge >= 0.3 is 19.4 Å². The predicted molar refractivity (Wildman–Crippen MR) is 169 cm³/mol. The fourth-order valence-corrected chi connectivity index (χ4v) is 6.02. The fourth-order valence-electron chi connectivity index (χ4n) is 4.52. The van der Waals surface area contributed by atoms with Crippen LogP contribution >= 0.6 is 7.75 Å². The minimum absolute atomic E-state index is 0.0261. The van der Waals surface area contributed by atoms with Crippen LogP contribution in [0.3, 0.4) is 0 Å². The van der Waals surface area contributed by atoms with Crippen molar-refractivity contribution in [3.63, 3.8) is 0 Å². The Bertz CT molecular complexity index is 1520. The fraction of sp³-hybridized carbons (Fsp3) is 0.548. The maximum atomic E-state index is 13.7. The zero-order valence-corrected chi connectivity index (χ0v) is 27.3. The van der Waals surface area contributed by atoms with Crippen molar-refractivity contribution in [2.45, 2.75) is 90.2 Å². The third-order valence-corrected chi connectivity index (χ3v) is 8.60. The number of aliphatic hydroxyl groups excluding tert-OH is 1. The molecule has 0 saturated carbocycles. The molecule has 14 nitrogen and oxygen atoms in total. The van der Waals surface area contributed by atoms with Crippen molar-refractivity contribution in [2.75, 3.05) is 19.8 Å². The normalized spacial score (nSPS) is 19.3. The van der Waals surface area contributed by atoms with Crippen LogP contribution in [0, 0.1) is 11.8 Å². The topological polar surface area (TPSA) is 187 Å². The number of carbonyl (C=O) groups excluding carboxylic acids is 2. The Morgan fingerprint density at radius 3 is 2.63 bits per heavy atom. The Labute approximate surface area is 267 Å². The Morgan fingerprint density at radius 2 is 1.91 bits per heavy atom. The van der Waals surface area contributed by atoms with Crippen LogP contribution < -0.4 is 26.2 Å². The molecule has 1 amide bonds. The van der Waals surface area contributed by atoms with Gasteiger partial charge in [0.25, 0.3) is 5.56 Å². The summed E-state index contributed by atoms with van der Waals surface area (Å²) in [7, 11) is -4.21. The zero-order chi connectivity index (χ0) is 33.5. The number of nitrogens with one attached hydrogen (secondary N) is 3. The van der Waals surface area contributed by atoms with E-state index in [0.29, 0.717) is 6.42 Å². The molecule has 2 aromatic rings. The number of para-hydroxylation sites is 1. The molecule has 15 heteroatoms. The Hall–Kier alpha value is -3.73. The predicted octanol–water partition coefficient (Wildman–Crippen LogP) is 2.76. The number of esters is 1. The van der Waals surface area contributed by atoms with E-state index in [-0.39, 0.29) is 36.8 Å². The number of carbonyl (C=O) groups is 2. The van der Waals surface area contributed by atoms with Gasteiger partial charge in [-0.2, -0.15) is 5.09 Å². The van der Waals surface area contributed by atoms with E-state index >= 15 is 0 Å². The molecule has 0 radical (unpaired) electrons. The second-order valence-electron chi connectivity index (χ2n) is 10.7. The first-order chi connectivity index (χ1) is 22.0. The molecule has 0 aliphatic carbocycles. The summed E-state index contributed by atoms with van der Waals surface area (Å²) in [5.41, 5.74) is -1.53. The van der Waals surface area contributed by atoms with E-state index in [0.717, 1.165) is 36.7 Å². The smallest absolute Gasteiger partial charge is 0.459 e. The number of H-pyrrole nitrogens is 1. The monoisotopic (exact) mass is 662 g/mol. The second-order valence-corrected chi connectivity index (χ2v) is 12.4. The van der Waals surface area contributed by atoms with Crippen LogP contribution in [0.1, 0.15) is 77.5 Å². The highest BCUT2D eigenvalue weighted by atomic mass is 31.2. The molecule has 0 bridgehead atoms. The summed E-state index contributed by atoms with van der Waals surface area (Å²) in [6.45, 7) is 4.90. The van der Waals surface area contributed by atoms with Crippen LogP contribution in [-0.2, 0) is 28.2 Å². The van der Waals surface area contributed by atoms with Crippen LogP contribution in [0.15, 0.2) is 46.1 Å². The maximum Gasteiger partial charge on any atom is 0.459 e.